The van der Waals surface area contributed by atoms with E-state index in [1.54, 1.807) is 7.11 Å². The van der Waals surface area contributed by atoms with Crippen LogP contribution in [-0.2, 0) is 9.53 Å². The molecule has 0 radical (unpaired) electrons. The third-order valence-electron chi connectivity index (χ3n) is 3.15. The Kier molecular flexibility index (Phi) is 6.47. The molecule has 0 aromatic heterocycles. The van der Waals surface area contributed by atoms with Gasteiger partial charge in [0.25, 0.3) is 0 Å². The summed E-state index contributed by atoms with van der Waals surface area (Å²) in [6, 6.07) is -0.555. The van der Waals surface area contributed by atoms with E-state index < -0.39 is 6.04 Å². The molecule has 1 saturated heterocycles. The van der Waals surface area contributed by atoms with Gasteiger partial charge in [-0.05, 0) is 25.3 Å². The summed E-state index contributed by atoms with van der Waals surface area (Å²) >= 11 is 0. The SMILES string of the molecule is COCC(N)C(=O)NCCN1CCCC(C)C1. The number of methoxy groups -OCH3 is 1. The maximum Gasteiger partial charge on any atom is 0.239 e. The molecule has 0 aromatic carbocycles. The Morgan fingerprint density at radius 1 is 1.65 bits per heavy atom. The number of carbonyl (C=O) groups is 1. The van der Waals surface area contributed by atoms with Crippen LogP contribution in [-0.4, -0.2) is 56.7 Å². The van der Waals surface area contributed by atoms with Gasteiger partial charge in [-0.3, -0.25) is 4.79 Å². The van der Waals surface area contributed by atoms with E-state index in [1.807, 2.05) is 0 Å². The van der Waals surface area contributed by atoms with E-state index in [1.165, 1.54) is 12.8 Å². The number of hydrogen-bond acceptors (Lipinski definition) is 4. The first-order chi connectivity index (χ1) is 8.13. The number of piperidine rings is 1. The van der Waals surface area contributed by atoms with E-state index in [2.05, 4.69) is 17.1 Å². The normalized spacial score (nSPS) is 23.4. The minimum Gasteiger partial charge on any atom is -0.383 e. The Hall–Kier alpha value is -0.650. The zero-order valence-electron chi connectivity index (χ0n) is 10.9. The number of likely N-dealkylation sites (tertiary alicyclic amines) is 1. The third-order valence-corrected chi connectivity index (χ3v) is 3.15. The van der Waals surface area contributed by atoms with Gasteiger partial charge in [-0.25, -0.2) is 0 Å². The second-order valence-corrected chi connectivity index (χ2v) is 4.90. The number of ether oxygens (including phenoxy) is 1. The second kappa shape index (κ2) is 7.63. The van der Waals surface area contributed by atoms with E-state index in [4.69, 9.17) is 10.5 Å². The molecule has 1 rings (SSSR count). The van der Waals surface area contributed by atoms with Crippen molar-refractivity contribution in [2.24, 2.45) is 11.7 Å². The van der Waals surface area contributed by atoms with Gasteiger partial charge in [0.15, 0.2) is 0 Å². The van der Waals surface area contributed by atoms with Crippen LogP contribution in [0.25, 0.3) is 0 Å². The third kappa shape index (κ3) is 5.48. The van der Waals surface area contributed by atoms with Crippen molar-refractivity contribution in [1.29, 1.82) is 0 Å². The molecule has 2 unspecified atom stereocenters. The first-order valence-electron chi connectivity index (χ1n) is 6.38. The van der Waals surface area contributed by atoms with E-state index in [9.17, 15) is 4.79 Å². The summed E-state index contributed by atoms with van der Waals surface area (Å²) in [7, 11) is 1.54. The molecule has 1 amide bonds. The van der Waals surface area contributed by atoms with Crippen molar-refractivity contribution < 1.29 is 9.53 Å². The van der Waals surface area contributed by atoms with Crippen LogP contribution in [0.5, 0.6) is 0 Å². The summed E-state index contributed by atoms with van der Waals surface area (Å²) in [5.41, 5.74) is 5.62. The lowest BCUT2D eigenvalue weighted by atomic mass is 10.0. The molecule has 17 heavy (non-hydrogen) atoms. The van der Waals surface area contributed by atoms with Gasteiger partial charge in [-0.2, -0.15) is 0 Å². The van der Waals surface area contributed by atoms with Gasteiger partial charge in [0.2, 0.25) is 5.91 Å². The van der Waals surface area contributed by atoms with Crippen LogP contribution < -0.4 is 11.1 Å². The Bertz CT molecular complexity index is 236. The predicted molar refractivity (Wildman–Crippen MR) is 67.7 cm³/mol. The van der Waals surface area contributed by atoms with Crippen LogP contribution in [0.4, 0.5) is 0 Å². The number of amides is 1. The van der Waals surface area contributed by atoms with Crippen LogP contribution in [0.3, 0.4) is 0 Å². The molecule has 3 N–H and O–H groups in total. The van der Waals surface area contributed by atoms with Crippen molar-refractivity contribution in [3.05, 3.63) is 0 Å². The Morgan fingerprint density at radius 3 is 3.06 bits per heavy atom. The van der Waals surface area contributed by atoms with Crippen LogP contribution in [0, 0.1) is 5.92 Å². The molecule has 0 aromatic rings. The number of nitrogens with one attached hydrogen (secondary N) is 1. The Balaban J connectivity index is 2.12. The highest BCUT2D eigenvalue weighted by Crippen LogP contribution is 2.14. The zero-order chi connectivity index (χ0) is 12.7. The maximum absolute atomic E-state index is 11.5. The summed E-state index contributed by atoms with van der Waals surface area (Å²) < 4.78 is 4.84. The molecule has 1 aliphatic heterocycles. The van der Waals surface area contributed by atoms with E-state index in [-0.39, 0.29) is 12.5 Å². The van der Waals surface area contributed by atoms with Gasteiger partial charge in [0, 0.05) is 26.7 Å². The lowest BCUT2D eigenvalue weighted by Crippen LogP contribution is -2.46. The predicted octanol–water partition coefficient (Wildman–Crippen LogP) is -0.192. The van der Waals surface area contributed by atoms with Crippen LogP contribution >= 0.6 is 0 Å². The topological polar surface area (TPSA) is 67.6 Å². The van der Waals surface area contributed by atoms with Crippen molar-refractivity contribution in [3.8, 4) is 0 Å². The number of hydrogen-bond donors (Lipinski definition) is 2. The van der Waals surface area contributed by atoms with Gasteiger partial charge in [-0.15, -0.1) is 0 Å². The van der Waals surface area contributed by atoms with Crippen LogP contribution in [0.1, 0.15) is 19.8 Å². The molecule has 1 fully saturated rings. The van der Waals surface area contributed by atoms with Crippen molar-refractivity contribution >= 4 is 5.91 Å². The van der Waals surface area contributed by atoms with E-state index in [0.29, 0.717) is 6.54 Å². The fourth-order valence-corrected chi connectivity index (χ4v) is 2.21. The lowest BCUT2D eigenvalue weighted by Gasteiger charge is -2.30. The largest absolute Gasteiger partial charge is 0.383 e. The Labute approximate surface area is 104 Å². The highest BCUT2D eigenvalue weighted by atomic mass is 16.5. The molecule has 100 valence electrons. The highest BCUT2D eigenvalue weighted by Gasteiger charge is 2.17. The summed E-state index contributed by atoms with van der Waals surface area (Å²) in [6.07, 6.45) is 2.58. The molecule has 2 atom stereocenters. The first-order valence-corrected chi connectivity index (χ1v) is 6.38. The second-order valence-electron chi connectivity index (χ2n) is 4.90. The highest BCUT2D eigenvalue weighted by molar-refractivity contribution is 5.81. The van der Waals surface area contributed by atoms with Gasteiger partial charge in [-0.1, -0.05) is 6.92 Å². The van der Waals surface area contributed by atoms with E-state index >= 15 is 0 Å². The molecular formula is C12H25N3O2. The molecule has 0 bridgehead atoms. The molecule has 0 aliphatic carbocycles. The maximum atomic E-state index is 11.5. The van der Waals surface area contributed by atoms with Crippen molar-refractivity contribution in [2.75, 3.05) is 39.9 Å². The average Bonchev–Trinajstić information content (AvgIpc) is 2.29. The summed E-state index contributed by atoms with van der Waals surface area (Å²) in [5.74, 6) is 0.645. The van der Waals surface area contributed by atoms with Gasteiger partial charge >= 0.3 is 0 Å². The summed E-state index contributed by atoms with van der Waals surface area (Å²) in [5, 5.41) is 2.84. The minimum absolute atomic E-state index is 0.128. The fraction of sp³-hybridized carbons (Fsp3) is 0.917. The molecule has 0 spiro atoms. The number of nitrogens with two attached hydrogens (primary N) is 1. The standard InChI is InChI=1S/C12H25N3O2/c1-10-4-3-6-15(8-10)7-5-14-12(16)11(13)9-17-2/h10-11H,3-9,13H2,1-2H3,(H,14,16). The number of nitrogens with zero attached hydrogens (tertiary/aromatic N) is 1. The molecule has 0 saturated carbocycles. The quantitative estimate of drug-likeness (QED) is 0.678. The number of rotatable bonds is 6. The lowest BCUT2D eigenvalue weighted by molar-refractivity contribution is -0.123. The average molecular weight is 243 g/mol. The first kappa shape index (κ1) is 14.4. The van der Waals surface area contributed by atoms with Crippen molar-refractivity contribution in [3.63, 3.8) is 0 Å². The molecule has 1 heterocycles. The zero-order valence-corrected chi connectivity index (χ0v) is 10.9. The van der Waals surface area contributed by atoms with Gasteiger partial charge in [0.1, 0.15) is 6.04 Å². The molecule has 1 aliphatic rings. The smallest absolute Gasteiger partial charge is 0.239 e. The van der Waals surface area contributed by atoms with Crippen molar-refractivity contribution in [1.82, 2.24) is 10.2 Å². The van der Waals surface area contributed by atoms with E-state index in [0.717, 1.165) is 25.6 Å². The monoisotopic (exact) mass is 243 g/mol. The van der Waals surface area contributed by atoms with Crippen LogP contribution in [0.15, 0.2) is 0 Å². The van der Waals surface area contributed by atoms with Crippen LogP contribution in [0.2, 0.25) is 0 Å². The summed E-state index contributed by atoms with van der Waals surface area (Å²) in [4.78, 5) is 13.9. The molecular weight excluding hydrogens is 218 g/mol. The Morgan fingerprint density at radius 2 is 2.41 bits per heavy atom. The van der Waals surface area contributed by atoms with Gasteiger partial charge < -0.3 is 20.7 Å². The summed E-state index contributed by atoms with van der Waals surface area (Å²) in [6.45, 7) is 6.41. The fourth-order valence-electron chi connectivity index (χ4n) is 2.21. The molecule has 5 heteroatoms. The molecule has 5 nitrogen and oxygen atoms in total. The van der Waals surface area contributed by atoms with Crippen molar-refractivity contribution in [2.45, 2.75) is 25.8 Å². The minimum atomic E-state index is -0.555. The number of carbonyl (C=O) groups excluding carboxylic acids is 1. The van der Waals surface area contributed by atoms with Gasteiger partial charge in [0.05, 0.1) is 6.61 Å².